The molecule has 0 aliphatic rings. The van der Waals surface area contributed by atoms with E-state index in [1.165, 1.54) is 12.1 Å². The molecule has 7 heteroatoms. The van der Waals surface area contributed by atoms with Crippen LogP contribution in [0.4, 0.5) is 10.1 Å². The zero-order valence-electron chi connectivity index (χ0n) is 13.2. The quantitative estimate of drug-likeness (QED) is 0.758. The number of rotatable bonds is 4. The number of aromatic amines is 1. The number of sulfonamides is 1. The molecule has 0 bridgehead atoms. The number of aromatic nitrogens is 2. The number of hydrogen-bond acceptors (Lipinski definition) is 3. The van der Waals surface area contributed by atoms with Crippen LogP contribution in [0.3, 0.4) is 0 Å². The second-order valence-electron chi connectivity index (χ2n) is 5.47. The third-order valence-electron chi connectivity index (χ3n) is 3.58. The van der Waals surface area contributed by atoms with E-state index in [-0.39, 0.29) is 4.90 Å². The zero-order valence-corrected chi connectivity index (χ0v) is 14.0. The van der Waals surface area contributed by atoms with Crippen LogP contribution in [0.1, 0.15) is 11.4 Å². The van der Waals surface area contributed by atoms with Gasteiger partial charge in [-0.1, -0.05) is 12.1 Å². The monoisotopic (exact) mass is 345 g/mol. The Balaban J connectivity index is 1.85. The van der Waals surface area contributed by atoms with Gasteiger partial charge in [-0.3, -0.25) is 4.72 Å². The first-order valence-corrected chi connectivity index (χ1v) is 8.74. The molecule has 0 unspecified atom stereocenters. The van der Waals surface area contributed by atoms with Gasteiger partial charge in [-0.05, 0) is 55.3 Å². The summed E-state index contributed by atoms with van der Waals surface area (Å²) in [6.45, 7) is 3.42. The van der Waals surface area contributed by atoms with E-state index < -0.39 is 15.8 Å². The zero-order chi connectivity index (χ0) is 17.3. The Labute approximate surface area is 139 Å². The fraction of sp³-hybridized carbons (Fsp3) is 0.118. The van der Waals surface area contributed by atoms with Crippen LogP contribution in [0, 0.1) is 19.7 Å². The summed E-state index contributed by atoms with van der Waals surface area (Å²) in [7, 11) is -3.77. The molecule has 1 heterocycles. The molecule has 24 heavy (non-hydrogen) atoms. The molecule has 2 N–H and O–H groups in total. The Hall–Kier alpha value is -2.67. The highest BCUT2D eigenvalue weighted by Crippen LogP contribution is 2.23. The molecule has 0 saturated carbocycles. The van der Waals surface area contributed by atoms with E-state index in [4.69, 9.17) is 0 Å². The van der Waals surface area contributed by atoms with Crippen LogP contribution in [-0.2, 0) is 10.0 Å². The SMILES string of the molecule is Cc1ncc(-c2ccc(NS(=O)(=O)c3ccc(F)cc3C)cc2)[nH]1. The molecule has 0 atom stereocenters. The second kappa shape index (κ2) is 6.09. The van der Waals surface area contributed by atoms with Gasteiger partial charge in [0.05, 0.1) is 16.8 Å². The maximum atomic E-state index is 13.1. The third kappa shape index (κ3) is 3.30. The van der Waals surface area contributed by atoms with Crippen molar-refractivity contribution in [3.05, 3.63) is 65.9 Å². The van der Waals surface area contributed by atoms with Gasteiger partial charge < -0.3 is 4.98 Å². The largest absolute Gasteiger partial charge is 0.342 e. The Kier molecular flexibility index (Phi) is 4.11. The molecule has 3 rings (SSSR count). The van der Waals surface area contributed by atoms with Crippen molar-refractivity contribution in [3.8, 4) is 11.3 Å². The number of H-pyrrole nitrogens is 1. The topological polar surface area (TPSA) is 74.8 Å². The Morgan fingerprint density at radius 2 is 1.79 bits per heavy atom. The normalized spacial score (nSPS) is 11.5. The summed E-state index contributed by atoms with van der Waals surface area (Å²) in [6, 6.07) is 10.5. The van der Waals surface area contributed by atoms with Crippen LogP contribution < -0.4 is 4.72 Å². The van der Waals surface area contributed by atoms with Crippen molar-refractivity contribution >= 4 is 15.7 Å². The van der Waals surface area contributed by atoms with E-state index in [0.717, 1.165) is 23.1 Å². The Morgan fingerprint density at radius 3 is 2.38 bits per heavy atom. The number of halogens is 1. The van der Waals surface area contributed by atoms with Gasteiger partial charge in [0.25, 0.3) is 10.0 Å². The van der Waals surface area contributed by atoms with Gasteiger partial charge in [-0.15, -0.1) is 0 Å². The number of benzene rings is 2. The van der Waals surface area contributed by atoms with Gasteiger partial charge in [0, 0.05) is 5.69 Å². The number of hydrogen-bond donors (Lipinski definition) is 2. The van der Waals surface area contributed by atoms with Crippen molar-refractivity contribution in [2.24, 2.45) is 0 Å². The van der Waals surface area contributed by atoms with E-state index >= 15 is 0 Å². The Morgan fingerprint density at radius 1 is 1.08 bits per heavy atom. The Bertz CT molecular complexity index is 979. The van der Waals surface area contributed by atoms with Gasteiger partial charge in [0.1, 0.15) is 11.6 Å². The summed E-state index contributed by atoms with van der Waals surface area (Å²) in [6.07, 6.45) is 1.72. The molecule has 0 saturated heterocycles. The molecule has 2 aromatic carbocycles. The minimum Gasteiger partial charge on any atom is -0.342 e. The van der Waals surface area contributed by atoms with Gasteiger partial charge in [0.2, 0.25) is 0 Å². The first-order chi connectivity index (χ1) is 11.3. The first kappa shape index (κ1) is 16.2. The molecule has 124 valence electrons. The molecule has 1 aromatic heterocycles. The van der Waals surface area contributed by atoms with E-state index in [2.05, 4.69) is 14.7 Å². The second-order valence-corrected chi connectivity index (χ2v) is 7.13. The lowest BCUT2D eigenvalue weighted by atomic mass is 10.1. The lowest BCUT2D eigenvalue weighted by Gasteiger charge is -2.11. The lowest BCUT2D eigenvalue weighted by molar-refractivity contribution is 0.598. The minimum atomic E-state index is -3.77. The van der Waals surface area contributed by atoms with Crippen LogP contribution in [0.2, 0.25) is 0 Å². The van der Waals surface area contributed by atoms with Crippen molar-refractivity contribution < 1.29 is 12.8 Å². The maximum Gasteiger partial charge on any atom is 0.262 e. The predicted octanol–water partition coefficient (Wildman–Crippen LogP) is 3.63. The highest BCUT2D eigenvalue weighted by Gasteiger charge is 2.17. The van der Waals surface area contributed by atoms with Crippen molar-refractivity contribution in [2.75, 3.05) is 4.72 Å². The summed E-state index contributed by atoms with van der Waals surface area (Å²) in [5.41, 5.74) is 2.54. The molecular formula is C17H16FN3O2S. The average Bonchev–Trinajstić information content (AvgIpc) is 2.93. The predicted molar refractivity (Wildman–Crippen MR) is 90.7 cm³/mol. The number of anilines is 1. The van der Waals surface area contributed by atoms with Crippen LogP contribution in [-0.4, -0.2) is 18.4 Å². The fourth-order valence-corrected chi connectivity index (χ4v) is 3.70. The van der Waals surface area contributed by atoms with Crippen LogP contribution >= 0.6 is 0 Å². The van der Waals surface area contributed by atoms with E-state index in [0.29, 0.717) is 11.3 Å². The molecule has 0 fully saturated rings. The standard InChI is InChI=1S/C17H16FN3O2S/c1-11-9-14(18)5-8-17(11)24(22,23)21-15-6-3-13(4-7-15)16-10-19-12(2)20-16/h3-10,21H,1-2H3,(H,19,20). The number of nitrogens with zero attached hydrogens (tertiary/aromatic N) is 1. The average molecular weight is 345 g/mol. The number of aryl methyl sites for hydroxylation is 2. The van der Waals surface area contributed by atoms with Gasteiger partial charge in [-0.25, -0.2) is 17.8 Å². The van der Waals surface area contributed by atoms with Gasteiger partial charge in [0.15, 0.2) is 0 Å². The third-order valence-corrected chi connectivity index (χ3v) is 5.12. The van der Waals surface area contributed by atoms with Crippen molar-refractivity contribution in [2.45, 2.75) is 18.7 Å². The molecule has 3 aromatic rings. The summed E-state index contributed by atoms with van der Waals surface area (Å²) < 4.78 is 40.5. The number of imidazole rings is 1. The highest BCUT2D eigenvalue weighted by atomic mass is 32.2. The molecule has 0 radical (unpaired) electrons. The van der Waals surface area contributed by atoms with E-state index in [9.17, 15) is 12.8 Å². The molecule has 0 aliphatic carbocycles. The smallest absolute Gasteiger partial charge is 0.262 e. The van der Waals surface area contributed by atoms with Crippen molar-refractivity contribution in [1.29, 1.82) is 0 Å². The van der Waals surface area contributed by atoms with E-state index in [1.54, 1.807) is 37.4 Å². The van der Waals surface area contributed by atoms with Crippen molar-refractivity contribution in [3.63, 3.8) is 0 Å². The molecular weight excluding hydrogens is 329 g/mol. The molecule has 0 amide bonds. The van der Waals surface area contributed by atoms with Gasteiger partial charge in [-0.2, -0.15) is 0 Å². The minimum absolute atomic E-state index is 0.0529. The number of nitrogens with one attached hydrogen (secondary N) is 2. The fourth-order valence-electron chi connectivity index (χ4n) is 2.41. The first-order valence-electron chi connectivity index (χ1n) is 7.26. The lowest BCUT2D eigenvalue weighted by Crippen LogP contribution is -2.14. The van der Waals surface area contributed by atoms with Crippen LogP contribution in [0.15, 0.2) is 53.6 Å². The van der Waals surface area contributed by atoms with Crippen LogP contribution in [0.25, 0.3) is 11.3 Å². The molecule has 0 spiro atoms. The molecule has 5 nitrogen and oxygen atoms in total. The van der Waals surface area contributed by atoms with Crippen LogP contribution in [0.5, 0.6) is 0 Å². The van der Waals surface area contributed by atoms with Crippen molar-refractivity contribution in [1.82, 2.24) is 9.97 Å². The summed E-state index contributed by atoms with van der Waals surface area (Å²) in [4.78, 5) is 7.30. The summed E-state index contributed by atoms with van der Waals surface area (Å²) in [5, 5.41) is 0. The van der Waals surface area contributed by atoms with E-state index in [1.807, 2.05) is 6.92 Å². The highest BCUT2D eigenvalue weighted by molar-refractivity contribution is 7.92. The maximum absolute atomic E-state index is 13.1. The van der Waals surface area contributed by atoms with Gasteiger partial charge >= 0.3 is 0 Å². The summed E-state index contributed by atoms with van der Waals surface area (Å²) in [5.74, 6) is 0.340. The summed E-state index contributed by atoms with van der Waals surface area (Å²) >= 11 is 0. The molecule has 0 aliphatic heterocycles.